The number of aromatic nitrogens is 2. The summed E-state index contributed by atoms with van der Waals surface area (Å²) in [5.41, 5.74) is 5.27. The van der Waals surface area contributed by atoms with E-state index in [0.717, 1.165) is 5.82 Å². The Hall–Kier alpha value is -1.40. The van der Waals surface area contributed by atoms with Gasteiger partial charge in [0.25, 0.3) is 0 Å². The molecule has 4 N–H and O–H groups in total. The summed E-state index contributed by atoms with van der Waals surface area (Å²) in [6.45, 7) is 3.23. The molecule has 1 amide bonds. The number of hydrogen-bond donors (Lipinski definition) is 3. The molecule has 2 heterocycles. The maximum absolute atomic E-state index is 12.0. The average molecular weight is 238 g/mol. The summed E-state index contributed by atoms with van der Waals surface area (Å²) in [7, 11) is 0. The van der Waals surface area contributed by atoms with Crippen molar-refractivity contribution in [2.45, 2.75) is 19.4 Å². The van der Waals surface area contributed by atoms with Crippen LogP contribution < -0.4 is 11.1 Å². The largest absolute Gasteiger partial charge is 0.379 e. The van der Waals surface area contributed by atoms with E-state index < -0.39 is 5.41 Å². The Morgan fingerprint density at radius 3 is 3.24 bits per heavy atom. The third-order valence-corrected chi connectivity index (χ3v) is 3.24. The summed E-state index contributed by atoms with van der Waals surface area (Å²) in [5, 5.41) is 2.87. The molecule has 0 aliphatic carbocycles. The van der Waals surface area contributed by atoms with Crippen molar-refractivity contribution in [3.63, 3.8) is 0 Å². The number of H-pyrrole nitrogens is 1. The second-order valence-corrected chi connectivity index (χ2v) is 4.58. The van der Waals surface area contributed by atoms with Crippen molar-refractivity contribution in [2.24, 2.45) is 11.1 Å². The first-order valence-electron chi connectivity index (χ1n) is 5.73. The van der Waals surface area contributed by atoms with Crippen molar-refractivity contribution in [2.75, 3.05) is 19.8 Å². The molecule has 1 aliphatic heterocycles. The van der Waals surface area contributed by atoms with Crippen LogP contribution in [-0.2, 0) is 16.0 Å². The molecule has 0 saturated carbocycles. The standard InChI is InChI=1S/C11H18N4O2/c1-11(7-17-6-8(11)12)10(16)15-3-2-9-13-4-5-14-9/h4-5,8H,2-3,6-7,12H2,1H3,(H,13,14)(H,15,16). The van der Waals surface area contributed by atoms with Crippen molar-refractivity contribution in [3.05, 3.63) is 18.2 Å². The molecule has 0 spiro atoms. The minimum absolute atomic E-state index is 0.0472. The van der Waals surface area contributed by atoms with Gasteiger partial charge in [-0.3, -0.25) is 4.79 Å². The first-order valence-corrected chi connectivity index (χ1v) is 5.73. The van der Waals surface area contributed by atoms with Gasteiger partial charge in [-0.1, -0.05) is 0 Å². The predicted octanol–water partition coefficient (Wildman–Crippen LogP) is -0.568. The molecule has 2 rings (SSSR count). The van der Waals surface area contributed by atoms with Gasteiger partial charge in [-0.2, -0.15) is 0 Å². The first-order chi connectivity index (χ1) is 8.13. The number of imidazole rings is 1. The summed E-state index contributed by atoms with van der Waals surface area (Å²) in [5.74, 6) is 0.816. The molecule has 0 radical (unpaired) electrons. The van der Waals surface area contributed by atoms with Crippen LogP contribution in [0.1, 0.15) is 12.7 Å². The molecule has 1 aromatic rings. The van der Waals surface area contributed by atoms with Crippen molar-refractivity contribution in [3.8, 4) is 0 Å². The summed E-state index contributed by atoms with van der Waals surface area (Å²) in [6, 6.07) is -0.230. The summed E-state index contributed by atoms with van der Waals surface area (Å²) < 4.78 is 5.24. The van der Waals surface area contributed by atoms with Crippen LogP contribution in [-0.4, -0.2) is 41.7 Å². The number of aromatic amines is 1. The van der Waals surface area contributed by atoms with Crippen LogP contribution in [0, 0.1) is 5.41 Å². The molecule has 2 atom stereocenters. The van der Waals surface area contributed by atoms with E-state index in [1.54, 1.807) is 12.4 Å². The number of carbonyl (C=O) groups excluding carboxylic acids is 1. The number of hydrogen-bond acceptors (Lipinski definition) is 4. The lowest BCUT2D eigenvalue weighted by molar-refractivity contribution is -0.130. The minimum Gasteiger partial charge on any atom is -0.379 e. The molecule has 1 saturated heterocycles. The first kappa shape index (κ1) is 12.1. The fourth-order valence-corrected chi connectivity index (χ4v) is 1.85. The number of nitrogens with one attached hydrogen (secondary N) is 2. The van der Waals surface area contributed by atoms with E-state index in [4.69, 9.17) is 10.5 Å². The Balaban J connectivity index is 1.81. The lowest BCUT2D eigenvalue weighted by Crippen LogP contribution is -2.50. The molecule has 17 heavy (non-hydrogen) atoms. The fourth-order valence-electron chi connectivity index (χ4n) is 1.85. The molecule has 6 heteroatoms. The van der Waals surface area contributed by atoms with Crippen LogP contribution in [0.4, 0.5) is 0 Å². The maximum atomic E-state index is 12.0. The molecule has 2 unspecified atom stereocenters. The highest BCUT2D eigenvalue weighted by atomic mass is 16.5. The average Bonchev–Trinajstić information content (AvgIpc) is 2.91. The van der Waals surface area contributed by atoms with Gasteiger partial charge in [0.1, 0.15) is 5.82 Å². The smallest absolute Gasteiger partial charge is 0.229 e. The number of rotatable bonds is 4. The van der Waals surface area contributed by atoms with E-state index in [2.05, 4.69) is 15.3 Å². The van der Waals surface area contributed by atoms with Crippen molar-refractivity contribution >= 4 is 5.91 Å². The molecule has 0 aromatic carbocycles. The topological polar surface area (TPSA) is 93.0 Å². The lowest BCUT2D eigenvalue weighted by Gasteiger charge is -2.25. The summed E-state index contributed by atoms with van der Waals surface area (Å²) in [4.78, 5) is 19.1. The highest BCUT2D eigenvalue weighted by Gasteiger charge is 2.44. The highest BCUT2D eigenvalue weighted by molar-refractivity contribution is 5.83. The number of ether oxygens (including phenoxy) is 1. The summed E-state index contributed by atoms with van der Waals surface area (Å²) >= 11 is 0. The van der Waals surface area contributed by atoms with E-state index in [-0.39, 0.29) is 11.9 Å². The second-order valence-electron chi connectivity index (χ2n) is 4.58. The van der Waals surface area contributed by atoms with Gasteiger partial charge >= 0.3 is 0 Å². The Bertz CT molecular complexity index is 379. The van der Waals surface area contributed by atoms with Gasteiger partial charge in [-0.25, -0.2) is 4.98 Å². The quantitative estimate of drug-likeness (QED) is 0.655. The third-order valence-electron chi connectivity index (χ3n) is 3.24. The zero-order valence-corrected chi connectivity index (χ0v) is 9.90. The van der Waals surface area contributed by atoms with Gasteiger partial charge in [0.2, 0.25) is 5.91 Å². The zero-order chi connectivity index (χ0) is 12.3. The molecule has 1 aromatic heterocycles. The van der Waals surface area contributed by atoms with E-state index >= 15 is 0 Å². The molecule has 6 nitrogen and oxygen atoms in total. The predicted molar refractivity (Wildman–Crippen MR) is 62.2 cm³/mol. The van der Waals surface area contributed by atoms with Gasteiger partial charge < -0.3 is 20.8 Å². The highest BCUT2D eigenvalue weighted by Crippen LogP contribution is 2.26. The molecule has 94 valence electrons. The summed E-state index contributed by atoms with van der Waals surface area (Å²) in [6.07, 6.45) is 4.14. The van der Waals surface area contributed by atoms with Gasteiger partial charge in [0.15, 0.2) is 0 Å². The molecular formula is C11H18N4O2. The normalized spacial score (nSPS) is 28.2. The second kappa shape index (κ2) is 4.85. The van der Waals surface area contributed by atoms with Gasteiger partial charge in [0, 0.05) is 31.4 Å². The van der Waals surface area contributed by atoms with Crippen LogP contribution in [0.5, 0.6) is 0 Å². The Labute approximate surface area is 99.9 Å². The van der Waals surface area contributed by atoms with Crippen molar-refractivity contribution < 1.29 is 9.53 Å². The molecular weight excluding hydrogens is 220 g/mol. The van der Waals surface area contributed by atoms with Crippen molar-refractivity contribution in [1.29, 1.82) is 0 Å². The number of carbonyl (C=O) groups is 1. The zero-order valence-electron chi connectivity index (χ0n) is 9.90. The number of nitrogens with two attached hydrogens (primary N) is 1. The Morgan fingerprint density at radius 2 is 2.65 bits per heavy atom. The Kier molecular flexibility index (Phi) is 3.44. The number of nitrogens with zero attached hydrogens (tertiary/aromatic N) is 1. The van der Waals surface area contributed by atoms with Crippen molar-refractivity contribution in [1.82, 2.24) is 15.3 Å². The van der Waals surface area contributed by atoms with Crippen LogP contribution in [0.15, 0.2) is 12.4 Å². The van der Waals surface area contributed by atoms with E-state index in [1.165, 1.54) is 0 Å². The van der Waals surface area contributed by atoms with Gasteiger partial charge in [0.05, 0.1) is 18.6 Å². The van der Waals surface area contributed by atoms with E-state index in [0.29, 0.717) is 26.2 Å². The number of amides is 1. The SMILES string of the molecule is CC1(C(=O)NCCc2ncc[nH]2)COCC1N. The maximum Gasteiger partial charge on any atom is 0.229 e. The molecule has 0 bridgehead atoms. The van der Waals surface area contributed by atoms with Crippen LogP contribution >= 0.6 is 0 Å². The monoisotopic (exact) mass is 238 g/mol. The van der Waals surface area contributed by atoms with E-state index in [1.807, 2.05) is 6.92 Å². The van der Waals surface area contributed by atoms with Gasteiger partial charge in [-0.15, -0.1) is 0 Å². The molecule has 1 fully saturated rings. The molecule has 1 aliphatic rings. The van der Waals surface area contributed by atoms with E-state index in [9.17, 15) is 4.79 Å². The van der Waals surface area contributed by atoms with Crippen LogP contribution in [0.25, 0.3) is 0 Å². The van der Waals surface area contributed by atoms with Crippen LogP contribution in [0.3, 0.4) is 0 Å². The van der Waals surface area contributed by atoms with Gasteiger partial charge in [-0.05, 0) is 6.92 Å². The Morgan fingerprint density at radius 1 is 1.82 bits per heavy atom. The lowest BCUT2D eigenvalue weighted by atomic mass is 9.85. The fraction of sp³-hybridized carbons (Fsp3) is 0.636. The third kappa shape index (κ3) is 2.48. The van der Waals surface area contributed by atoms with Crippen LogP contribution in [0.2, 0.25) is 0 Å². The minimum atomic E-state index is -0.608.